The van der Waals surface area contributed by atoms with E-state index in [9.17, 15) is 24.3 Å². The van der Waals surface area contributed by atoms with Gasteiger partial charge in [0, 0.05) is 35.2 Å². The fraction of sp³-hybridized carbons (Fsp3) is 0.433. The van der Waals surface area contributed by atoms with Gasteiger partial charge in [-0.25, -0.2) is 9.78 Å². The van der Waals surface area contributed by atoms with Gasteiger partial charge in [0.05, 0.1) is 35.6 Å². The van der Waals surface area contributed by atoms with E-state index < -0.39 is 11.6 Å². The molecule has 2 amide bonds. The fourth-order valence-corrected chi connectivity index (χ4v) is 5.92. The second kappa shape index (κ2) is 11.2. The number of ether oxygens (including phenoxy) is 4. The van der Waals surface area contributed by atoms with E-state index in [0.717, 1.165) is 16.5 Å². The maximum Gasteiger partial charge on any atom is 0.342 e. The van der Waals surface area contributed by atoms with Crippen LogP contribution in [0.1, 0.15) is 43.0 Å². The predicted octanol–water partition coefficient (Wildman–Crippen LogP) is 0.247. The smallest absolute Gasteiger partial charge is 0.342 e. The number of amides is 2. The number of carbonyl (C=O) groups is 3. The molecule has 6 rings (SSSR count). The van der Waals surface area contributed by atoms with Crippen molar-refractivity contribution in [2.45, 2.75) is 52.0 Å². The van der Waals surface area contributed by atoms with Crippen LogP contribution in [0.3, 0.4) is 0 Å². The van der Waals surface area contributed by atoms with Crippen molar-refractivity contribution in [3.05, 3.63) is 50.8 Å². The van der Waals surface area contributed by atoms with Crippen molar-refractivity contribution in [2.24, 2.45) is 5.73 Å². The van der Waals surface area contributed by atoms with Crippen molar-refractivity contribution in [3.8, 4) is 22.9 Å². The van der Waals surface area contributed by atoms with Crippen LogP contribution >= 0.6 is 0 Å². The third-order valence-electron chi connectivity index (χ3n) is 8.26. The number of esters is 1. The third-order valence-corrected chi connectivity index (χ3v) is 8.26. The molecule has 0 bridgehead atoms. The summed E-state index contributed by atoms with van der Waals surface area (Å²) in [6.07, 6.45) is 0.413. The van der Waals surface area contributed by atoms with Crippen molar-refractivity contribution in [2.75, 3.05) is 33.2 Å². The first-order chi connectivity index (χ1) is 21.0. The minimum absolute atomic E-state index is 0.0810. The highest BCUT2D eigenvalue weighted by Crippen LogP contribution is 2.42. The van der Waals surface area contributed by atoms with Crippen LogP contribution in [-0.2, 0) is 49.0 Å². The zero-order valence-corrected chi connectivity index (χ0v) is 24.6. The van der Waals surface area contributed by atoms with Crippen molar-refractivity contribution in [1.29, 1.82) is 0 Å². The average Bonchev–Trinajstić information content (AvgIpc) is 3.60. The number of rotatable bonds is 9. The molecule has 0 unspecified atom stereocenters. The summed E-state index contributed by atoms with van der Waals surface area (Å²) < 4.78 is 23.3. The van der Waals surface area contributed by atoms with Crippen LogP contribution in [0.25, 0.3) is 22.3 Å². The van der Waals surface area contributed by atoms with E-state index in [2.05, 4.69) is 5.32 Å². The summed E-state index contributed by atoms with van der Waals surface area (Å²) in [4.78, 5) is 57.1. The maximum absolute atomic E-state index is 13.7. The molecule has 4 N–H and O–H groups in total. The Morgan fingerprint density at radius 1 is 1.18 bits per heavy atom. The molecule has 3 aliphatic heterocycles. The Bertz CT molecular complexity index is 1760. The lowest BCUT2D eigenvalue weighted by Crippen LogP contribution is -2.42. The quantitative estimate of drug-likeness (QED) is 0.135. The first-order valence-corrected chi connectivity index (χ1v) is 14.3. The van der Waals surface area contributed by atoms with Crippen LogP contribution in [0.2, 0.25) is 0 Å². The van der Waals surface area contributed by atoms with Crippen LogP contribution < -0.4 is 26.1 Å². The monoisotopic (exact) mass is 607 g/mol. The normalized spacial score (nSPS) is 17.7. The molecular formula is C30H33N5O9. The van der Waals surface area contributed by atoms with Crippen LogP contribution in [0, 0.1) is 0 Å². The van der Waals surface area contributed by atoms with Crippen molar-refractivity contribution >= 4 is 28.7 Å². The second-order valence-corrected chi connectivity index (χ2v) is 11.3. The maximum atomic E-state index is 13.7. The lowest BCUT2D eigenvalue weighted by molar-refractivity contribution is -0.169. The molecule has 1 atom stereocenters. The number of nitrogens with two attached hydrogens (primary N) is 1. The summed E-state index contributed by atoms with van der Waals surface area (Å²) in [5.41, 5.74) is 6.64. The number of cyclic esters (lactones) is 1. The Kier molecular flexibility index (Phi) is 7.51. The molecule has 0 saturated heterocycles. The summed E-state index contributed by atoms with van der Waals surface area (Å²) >= 11 is 0. The van der Waals surface area contributed by atoms with Gasteiger partial charge in [-0.2, -0.15) is 0 Å². The summed E-state index contributed by atoms with van der Waals surface area (Å²) in [5.74, 6) is -0.355. The SMILES string of the molecule is CC(C)N(CCc1c2c(nc3cc4c(cc13)OCO4)-c1cc3c(c(=O)n1C2)COC(=O)[C@@]3(C)O)C(=O)COCNC(=O)CN. The Morgan fingerprint density at radius 3 is 2.66 bits per heavy atom. The van der Waals surface area contributed by atoms with Gasteiger partial charge < -0.3 is 44.6 Å². The van der Waals surface area contributed by atoms with Gasteiger partial charge in [0.2, 0.25) is 18.6 Å². The third kappa shape index (κ3) is 4.94. The summed E-state index contributed by atoms with van der Waals surface area (Å²) in [6.45, 7) is 4.95. The Morgan fingerprint density at radius 2 is 1.93 bits per heavy atom. The molecule has 0 radical (unpaired) electrons. The van der Waals surface area contributed by atoms with E-state index in [4.69, 9.17) is 29.7 Å². The van der Waals surface area contributed by atoms with Gasteiger partial charge in [-0.3, -0.25) is 14.4 Å². The Balaban J connectivity index is 1.38. The van der Waals surface area contributed by atoms with Gasteiger partial charge in [-0.05, 0) is 44.9 Å². The highest BCUT2D eigenvalue weighted by molar-refractivity contribution is 5.91. The number of benzene rings is 1. The summed E-state index contributed by atoms with van der Waals surface area (Å²) in [6, 6.07) is 5.13. The van der Waals surface area contributed by atoms with Gasteiger partial charge >= 0.3 is 5.97 Å². The first kappa shape index (κ1) is 29.5. The van der Waals surface area contributed by atoms with E-state index in [1.165, 1.54) is 6.92 Å². The number of nitrogens with one attached hydrogen (secondary N) is 1. The van der Waals surface area contributed by atoms with E-state index in [1.807, 2.05) is 19.9 Å². The van der Waals surface area contributed by atoms with Gasteiger partial charge in [0.15, 0.2) is 17.1 Å². The first-order valence-electron chi connectivity index (χ1n) is 14.3. The van der Waals surface area contributed by atoms with Crippen molar-refractivity contribution in [3.63, 3.8) is 0 Å². The van der Waals surface area contributed by atoms with Gasteiger partial charge in [-0.1, -0.05) is 0 Å². The van der Waals surface area contributed by atoms with Gasteiger partial charge in [0.25, 0.3) is 5.56 Å². The molecule has 1 aromatic carbocycles. The van der Waals surface area contributed by atoms with E-state index >= 15 is 0 Å². The molecule has 0 saturated carbocycles. The highest BCUT2D eigenvalue weighted by Gasteiger charge is 2.43. The number of pyridine rings is 2. The molecule has 14 heteroatoms. The zero-order valence-electron chi connectivity index (χ0n) is 24.6. The van der Waals surface area contributed by atoms with E-state index in [1.54, 1.807) is 21.6 Å². The standard InChI is InChI=1S/C30H33N5O9/c1-15(2)34(26(37)12-41-13-32-25(36)9-31)5-4-16-17-6-23-24(44-14-43-23)8-21(17)33-27-18(16)10-35-22(27)7-20-19(28(35)38)11-42-29(39)30(20,3)40/h6-8,15,40H,4-5,9-14,31H2,1-3H3,(H,32,36)/t30-/m0/s1. The lowest BCUT2D eigenvalue weighted by atomic mass is 9.89. The Labute approximate surface area is 251 Å². The van der Waals surface area contributed by atoms with E-state index in [0.29, 0.717) is 41.4 Å². The molecule has 44 heavy (non-hydrogen) atoms. The fourth-order valence-electron chi connectivity index (χ4n) is 5.92. The molecule has 14 nitrogen and oxygen atoms in total. The molecular weight excluding hydrogens is 574 g/mol. The van der Waals surface area contributed by atoms with E-state index in [-0.39, 0.29) is 74.4 Å². The minimum atomic E-state index is -1.98. The number of hydrogen-bond acceptors (Lipinski definition) is 11. The van der Waals surface area contributed by atoms with Gasteiger partial charge in [-0.15, -0.1) is 0 Å². The molecule has 0 spiro atoms. The number of carbonyl (C=O) groups excluding carboxylic acids is 3. The number of aliphatic hydroxyl groups is 1. The van der Waals surface area contributed by atoms with Crippen LogP contribution in [0.15, 0.2) is 23.0 Å². The molecule has 0 fully saturated rings. The zero-order chi connectivity index (χ0) is 31.3. The number of fused-ring (bicyclic) bond motifs is 6. The minimum Gasteiger partial charge on any atom is -0.458 e. The Hall–Kier alpha value is -4.53. The lowest BCUT2D eigenvalue weighted by Gasteiger charge is -2.29. The molecule has 3 aliphatic rings. The number of aromatic nitrogens is 2. The molecule has 5 heterocycles. The molecule has 0 aliphatic carbocycles. The largest absolute Gasteiger partial charge is 0.458 e. The second-order valence-electron chi connectivity index (χ2n) is 11.3. The summed E-state index contributed by atoms with van der Waals surface area (Å²) in [7, 11) is 0. The topological polar surface area (TPSA) is 185 Å². The highest BCUT2D eigenvalue weighted by atomic mass is 16.7. The molecule has 3 aromatic rings. The van der Waals surface area contributed by atoms with Crippen LogP contribution in [0.5, 0.6) is 11.5 Å². The van der Waals surface area contributed by atoms with Crippen molar-refractivity contribution < 1.29 is 38.4 Å². The average molecular weight is 608 g/mol. The molecule has 232 valence electrons. The summed E-state index contributed by atoms with van der Waals surface area (Å²) in [5, 5.41) is 14.2. The molecule has 2 aromatic heterocycles. The van der Waals surface area contributed by atoms with Crippen molar-refractivity contribution in [1.82, 2.24) is 19.8 Å². The predicted molar refractivity (Wildman–Crippen MR) is 155 cm³/mol. The van der Waals surface area contributed by atoms with Gasteiger partial charge in [0.1, 0.15) is 19.9 Å². The van der Waals surface area contributed by atoms with Crippen LogP contribution in [-0.4, -0.2) is 76.6 Å². The number of hydrogen-bond donors (Lipinski definition) is 3. The number of nitrogens with zero attached hydrogens (tertiary/aromatic N) is 3. The van der Waals surface area contributed by atoms with Crippen LogP contribution in [0.4, 0.5) is 0 Å².